The van der Waals surface area contributed by atoms with Gasteiger partial charge in [-0.05, 0) is 19.1 Å². The van der Waals surface area contributed by atoms with Crippen molar-refractivity contribution in [2.45, 2.75) is 31.7 Å². The van der Waals surface area contributed by atoms with E-state index in [0.29, 0.717) is 22.6 Å². The highest BCUT2D eigenvalue weighted by Crippen LogP contribution is 2.38. The number of halogens is 3. The van der Waals surface area contributed by atoms with Crippen LogP contribution in [0.3, 0.4) is 0 Å². The molecule has 0 radical (unpaired) electrons. The Morgan fingerprint density at radius 1 is 1.30 bits per heavy atom. The van der Waals surface area contributed by atoms with E-state index >= 15 is 0 Å². The lowest BCUT2D eigenvalue weighted by Crippen LogP contribution is -2.29. The van der Waals surface area contributed by atoms with Gasteiger partial charge in [0, 0.05) is 24.0 Å². The maximum atomic E-state index is 14.1. The molecule has 0 amide bonds. The highest BCUT2D eigenvalue weighted by Gasteiger charge is 2.32. The summed E-state index contributed by atoms with van der Waals surface area (Å²) < 4.78 is 41.9. The van der Waals surface area contributed by atoms with E-state index < -0.39 is 24.1 Å². The van der Waals surface area contributed by atoms with Gasteiger partial charge in [-0.25, -0.2) is 23.1 Å². The van der Waals surface area contributed by atoms with Gasteiger partial charge < -0.3 is 16.8 Å². The van der Waals surface area contributed by atoms with Crippen LogP contribution in [0.25, 0.3) is 11.5 Å². The van der Waals surface area contributed by atoms with Gasteiger partial charge >= 0.3 is 0 Å². The Hall–Kier alpha value is -3.82. The van der Waals surface area contributed by atoms with E-state index in [2.05, 4.69) is 33.5 Å². The van der Waals surface area contributed by atoms with Crippen LogP contribution in [-0.4, -0.2) is 33.2 Å². The minimum atomic E-state index is -2.61. The standard InChI is InChI=1S/C23H26F3N7/c1-5-23(3,13(2)27)19-20(28)30-21(31-22(19)29-4)17-10-15(11-18(25)26)33(32-17)12-14-8-6-7-9-16(14)24/h5-10,18H,1-2,11-12,27H2,3-4H3,(H3,28,29,30,31). The second-order valence-electron chi connectivity index (χ2n) is 7.70. The normalized spacial score (nSPS) is 13.0. The molecule has 2 heterocycles. The van der Waals surface area contributed by atoms with Crippen molar-refractivity contribution in [2.75, 3.05) is 18.1 Å². The Bertz CT molecular complexity index is 1190. The minimum absolute atomic E-state index is 0.0251. The number of hydrogen-bond acceptors (Lipinski definition) is 6. The van der Waals surface area contributed by atoms with Gasteiger partial charge in [0.1, 0.15) is 23.1 Å². The van der Waals surface area contributed by atoms with Crippen molar-refractivity contribution >= 4 is 11.6 Å². The van der Waals surface area contributed by atoms with Crippen molar-refractivity contribution in [3.05, 3.63) is 77.9 Å². The Morgan fingerprint density at radius 3 is 2.58 bits per heavy atom. The van der Waals surface area contributed by atoms with Gasteiger partial charge in [0.05, 0.1) is 23.9 Å². The Balaban J connectivity index is 2.12. The first-order valence-electron chi connectivity index (χ1n) is 10.1. The van der Waals surface area contributed by atoms with Crippen LogP contribution in [0.2, 0.25) is 0 Å². The highest BCUT2D eigenvalue weighted by molar-refractivity contribution is 5.67. The predicted octanol–water partition coefficient (Wildman–Crippen LogP) is 3.88. The molecule has 0 saturated carbocycles. The fourth-order valence-corrected chi connectivity index (χ4v) is 3.49. The van der Waals surface area contributed by atoms with E-state index in [1.807, 2.05) is 0 Å². The number of benzene rings is 1. The lowest BCUT2D eigenvalue weighted by atomic mass is 9.80. The molecule has 10 heteroatoms. The van der Waals surface area contributed by atoms with Crippen molar-refractivity contribution in [1.82, 2.24) is 19.7 Å². The fourth-order valence-electron chi connectivity index (χ4n) is 3.49. The second kappa shape index (κ2) is 9.35. The summed E-state index contributed by atoms with van der Waals surface area (Å²) >= 11 is 0. The molecule has 0 fully saturated rings. The average molecular weight is 458 g/mol. The summed E-state index contributed by atoms with van der Waals surface area (Å²) in [5, 5.41) is 7.34. The zero-order chi connectivity index (χ0) is 24.3. The molecule has 174 valence electrons. The third-order valence-electron chi connectivity index (χ3n) is 5.50. The monoisotopic (exact) mass is 457 g/mol. The van der Waals surface area contributed by atoms with E-state index in [1.54, 1.807) is 38.2 Å². The summed E-state index contributed by atoms with van der Waals surface area (Å²) in [6.07, 6.45) is -1.58. The summed E-state index contributed by atoms with van der Waals surface area (Å²) in [5.41, 5.74) is 12.9. The SMILES string of the molecule is C=CC(C)(C(=C)N)c1c(N)nc(-c2cc(CC(F)F)n(Cc3ccccc3F)n2)nc1NC. The molecular weight excluding hydrogens is 431 g/mol. The molecule has 3 aromatic rings. The smallest absolute Gasteiger partial charge is 0.244 e. The third kappa shape index (κ3) is 4.69. The first-order chi connectivity index (χ1) is 15.6. The van der Waals surface area contributed by atoms with E-state index in [0.717, 1.165) is 0 Å². The molecule has 0 aliphatic heterocycles. The van der Waals surface area contributed by atoms with Crippen LogP contribution in [-0.2, 0) is 18.4 Å². The maximum Gasteiger partial charge on any atom is 0.244 e. The van der Waals surface area contributed by atoms with Crippen molar-refractivity contribution in [1.29, 1.82) is 0 Å². The molecule has 0 aliphatic rings. The van der Waals surface area contributed by atoms with Crippen LogP contribution in [0.4, 0.5) is 24.8 Å². The maximum absolute atomic E-state index is 14.1. The van der Waals surface area contributed by atoms with E-state index in [4.69, 9.17) is 11.5 Å². The van der Waals surface area contributed by atoms with Gasteiger partial charge in [0.25, 0.3) is 0 Å². The lowest BCUT2D eigenvalue weighted by Gasteiger charge is -2.29. The summed E-state index contributed by atoms with van der Waals surface area (Å²) in [4.78, 5) is 8.84. The number of aromatic nitrogens is 4. The lowest BCUT2D eigenvalue weighted by molar-refractivity contribution is 0.146. The number of nitrogens with two attached hydrogens (primary N) is 2. The molecule has 1 aromatic carbocycles. The summed E-state index contributed by atoms with van der Waals surface area (Å²) in [5.74, 6) is 0.144. The molecule has 1 unspecified atom stereocenters. The molecule has 0 saturated heterocycles. The van der Waals surface area contributed by atoms with Crippen molar-refractivity contribution in [3.8, 4) is 11.5 Å². The van der Waals surface area contributed by atoms with E-state index in [1.165, 1.54) is 16.8 Å². The number of nitrogens with one attached hydrogen (secondary N) is 1. The van der Waals surface area contributed by atoms with Gasteiger partial charge in [-0.2, -0.15) is 5.10 Å². The van der Waals surface area contributed by atoms with Crippen LogP contribution < -0.4 is 16.8 Å². The van der Waals surface area contributed by atoms with Crippen LogP contribution in [0.1, 0.15) is 23.7 Å². The number of nitrogen functional groups attached to an aromatic ring is 1. The molecule has 1 atom stereocenters. The van der Waals surface area contributed by atoms with Gasteiger partial charge in [-0.1, -0.05) is 30.9 Å². The molecular formula is C23H26F3N7. The first kappa shape index (κ1) is 23.8. The summed E-state index contributed by atoms with van der Waals surface area (Å²) in [6, 6.07) is 7.55. The molecule has 0 bridgehead atoms. The predicted molar refractivity (Wildman–Crippen MR) is 123 cm³/mol. The molecule has 0 aliphatic carbocycles. The van der Waals surface area contributed by atoms with Crippen LogP contribution >= 0.6 is 0 Å². The van der Waals surface area contributed by atoms with Gasteiger partial charge in [0.15, 0.2) is 5.82 Å². The largest absolute Gasteiger partial charge is 0.402 e. The third-order valence-corrected chi connectivity index (χ3v) is 5.50. The summed E-state index contributed by atoms with van der Waals surface area (Å²) in [6.45, 7) is 9.39. The molecule has 3 rings (SSSR count). The molecule has 0 spiro atoms. The number of anilines is 2. The number of allylic oxidation sites excluding steroid dienone is 1. The molecule has 33 heavy (non-hydrogen) atoms. The molecule has 5 N–H and O–H groups in total. The fraction of sp³-hybridized carbons (Fsp3) is 0.261. The van der Waals surface area contributed by atoms with Gasteiger partial charge in [-0.15, -0.1) is 6.58 Å². The Morgan fingerprint density at radius 2 is 2.00 bits per heavy atom. The second-order valence-corrected chi connectivity index (χ2v) is 7.70. The first-order valence-corrected chi connectivity index (χ1v) is 10.1. The summed E-state index contributed by atoms with van der Waals surface area (Å²) in [7, 11) is 1.65. The number of rotatable bonds is 9. The van der Waals surface area contributed by atoms with Crippen LogP contribution in [0, 0.1) is 5.82 Å². The Labute approximate surface area is 190 Å². The number of hydrogen-bond donors (Lipinski definition) is 3. The van der Waals surface area contributed by atoms with E-state index in [-0.39, 0.29) is 29.6 Å². The Kier molecular flexibility index (Phi) is 6.75. The van der Waals surface area contributed by atoms with Crippen LogP contribution in [0.15, 0.2) is 55.3 Å². The molecule has 7 nitrogen and oxygen atoms in total. The quantitative estimate of drug-likeness (QED) is 0.421. The van der Waals surface area contributed by atoms with Crippen LogP contribution in [0.5, 0.6) is 0 Å². The van der Waals surface area contributed by atoms with Crippen molar-refractivity contribution in [2.24, 2.45) is 5.73 Å². The van der Waals surface area contributed by atoms with Crippen molar-refractivity contribution < 1.29 is 13.2 Å². The average Bonchev–Trinajstić information content (AvgIpc) is 3.15. The molecule has 2 aromatic heterocycles. The highest BCUT2D eigenvalue weighted by atomic mass is 19.3. The van der Waals surface area contributed by atoms with Gasteiger partial charge in [0.2, 0.25) is 6.43 Å². The minimum Gasteiger partial charge on any atom is -0.402 e. The van der Waals surface area contributed by atoms with E-state index in [9.17, 15) is 13.2 Å². The zero-order valence-corrected chi connectivity index (χ0v) is 18.4. The number of nitrogens with zero attached hydrogens (tertiary/aromatic N) is 4. The topological polar surface area (TPSA) is 108 Å². The number of alkyl halides is 2. The van der Waals surface area contributed by atoms with Gasteiger partial charge in [-0.3, -0.25) is 4.68 Å². The zero-order valence-electron chi connectivity index (χ0n) is 18.4. The van der Waals surface area contributed by atoms with Crippen molar-refractivity contribution in [3.63, 3.8) is 0 Å².